The molecule has 1 heterocycles. The summed E-state index contributed by atoms with van der Waals surface area (Å²) in [4.78, 5) is 53.3. The molecule has 2 amide bonds. The standard InChI is InChI=1S/C30H24ClNO5/c31-21-11-9-18(10-12-21)25(33)16-37-30(36)19-7-4-8-22(13-19)32-28(34)26-20-14-23(17-5-2-1-3-6-17)24(15-20)27(26)29(32)35/h1-13,20,23-24,26-27H,14-16H2/t20-,23+,24+,26+,27+/m0/s1. The molecule has 3 aromatic rings. The van der Waals surface area contributed by atoms with Gasteiger partial charge >= 0.3 is 5.97 Å². The molecule has 0 aromatic heterocycles. The Morgan fingerprint density at radius 3 is 2.32 bits per heavy atom. The van der Waals surface area contributed by atoms with Gasteiger partial charge in [-0.2, -0.15) is 0 Å². The fourth-order valence-corrected chi connectivity index (χ4v) is 6.63. The van der Waals surface area contributed by atoms with Gasteiger partial charge in [0.1, 0.15) is 0 Å². The maximum Gasteiger partial charge on any atom is 0.338 e. The SMILES string of the molecule is O=C(COC(=O)c1cccc(N2C(=O)[C@@H]3[C@@H]4C[C@@H]([C@H]3C2=O)[C@@H](c2ccccc2)C4)c1)c1ccc(Cl)cc1. The second kappa shape index (κ2) is 9.27. The predicted molar refractivity (Wildman–Crippen MR) is 137 cm³/mol. The molecule has 6 rings (SSSR count). The van der Waals surface area contributed by atoms with Gasteiger partial charge in [0.15, 0.2) is 12.4 Å². The van der Waals surface area contributed by atoms with Crippen LogP contribution in [0.15, 0.2) is 78.9 Å². The number of nitrogens with zero attached hydrogens (tertiary/aromatic N) is 1. The smallest absolute Gasteiger partial charge is 0.338 e. The van der Waals surface area contributed by atoms with Crippen LogP contribution in [0.25, 0.3) is 0 Å². The average molecular weight is 514 g/mol. The van der Waals surface area contributed by atoms with Gasteiger partial charge in [-0.05, 0) is 78.6 Å². The van der Waals surface area contributed by atoms with Crippen molar-refractivity contribution in [1.29, 1.82) is 0 Å². The Bertz CT molecular complexity index is 1400. The first-order valence-corrected chi connectivity index (χ1v) is 12.8. The topological polar surface area (TPSA) is 80.8 Å². The van der Waals surface area contributed by atoms with E-state index in [1.807, 2.05) is 18.2 Å². The summed E-state index contributed by atoms with van der Waals surface area (Å²) in [5.41, 5.74) is 2.14. The van der Waals surface area contributed by atoms with E-state index in [1.54, 1.807) is 42.5 Å². The highest BCUT2D eigenvalue weighted by Gasteiger charge is 2.64. The molecule has 0 N–H and O–H groups in total. The number of esters is 1. The van der Waals surface area contributed by atoms with Crippen molar-refractivity contribution in [3.63, 3.8) is 0 Å². The number of carbonyl (C=O) groups excluding carboxylic acids is 4. The Morgan fingerprint density at radius 2 is 1.57 bits per heavy atom. The number of amides is 2. The lowest BCUT2D eigenvalue weighted by molar-refractivity contribution is -0.123. The van der Waals surface area contributed by atoms with E-state index in [0.717, 1.165) is 12.8 Å². The third-order valence-electron chi connectivity index (χ3n) is 8.08. The van der Waals surface area contributed by atoms with Crippen molar-refractivity contribution in [2.45, 2.75) is 18.8 Å². The number of hydrogen-bond donors (Lipinski definition) is 0. The highest BCUT2D eigenvalue weighted by atomic mass is 35.5. The summed E-state index contributed by atoms with van der Waals surface area (Å²) in [5.74, 6) is -1.45. The van der Waals surface area contributed by atoms with Gasteiger partial charge < -0.3 is 4.74 Å². The number of Topliss-reactive ketones (excluding diaryl/α,β-unsaturated/α-hetero) is 1. The first-order chi connectivity index (χ1) is 17.9. The number of carbonyl (C=O) groups is 4. The highest BCUT2D eigenvalue weighted by molar-refractivity contribution is 6.30. The molecule has 5 atom stereocenters. The summed E-state index contributed by atoms with van der Waals surface area (Å²) in [6, 6.07) is 22.8. The molecule has 0 unspecified atom stereocenters. The second-order valence-electron chi connectivity index (χ2n) is 10.0. The summed E-state index contributed by atoms with van der Waals surface area (Å²) in [6.07, 6.45) is 1.81. The Morgan fingerprint density at radius 1 is 0.838 bits per heavy atom. The molecule has 2 saturated carbocycles. The van der Waals surface area contributed by atoms with Crippen LogP contribution in [0, 0.1) is 23.7 Å². The van der Waals surface area contributed by atoms with Crippen molar-refractivity contribution in [3.05, 3.63) is 101 Å². The van der Waals surface area contributed by atoms with Gasteiger partial charge in [-0.3, -0.25) is 19.3 Å². The van der Waals surface area contributed by atoms with E-state index >= 15 is 0 Å². The summed E-state index contributed by atoms with van der Waals surface area (Å²) < 4.78 is 5.22. The van der Waals surface area contributed by atoms with Crippen LogP contribution in [0.2, 0.25) is 5.02 Å². The first-order valence-electron chi connectivity index (χ1n) is 12.4. The normalized spacial score (nSPS) is 25.9. The summed E-state index contributed by atoms with van der Waals surface area (Å²) in [6.45, 7) is -0.430. The maximum atomic E-state index is 13.6. The quantitative estimate of drug-likeness (QED) is 0.253. The van der Waals surface area contributed by atoms with E-state index in [4.69, 9.17) is 16.3 Å². The summed E-state index contributed by atoms with van der Waals surface area (Å²) in [5, 5.41) is 0.504. The van der Waals surface area contributed by atoms with Crippen LogP contribution in [-0.2, 0) is 14.3 Å². The summed E-state index contributed by atoms with van der Waals surface area (Å²) >= 11 is 5.85. The fraction of sp³-hybridized carbons (Fsp3) is 0.267. The zero-order valence-corrected chi connectivity index (χ0v) is 20.6. The van der Waals surface area contributed by atoms with Gasteiger partial charge in [0.05, 0.1) is 23.1 Å². The molecule has 37 heavy (non-hydrogen) atoms. The molecule has 3 aromatic carbocycles. The molecule has 6 nitrogen and oxygen atoms in total. The second-order valence-corrected chi connectivity index (χ2v) is 10.5. The van der Waals surface area contributed by atoms with Crippen molar-refractivity contribution >= 4 is 40.9 Å². The van der Waals surface area contributed by atoms with E-state index in [0.29, 0.717) is 16.3 Å². The molecule has 3 aliphatic rings. The lowest BCUT2D eigenvalue weighted by Crippen LogP contribution is -2.33. The lowest BCUT2D eigenvalue weighted by Gasteiger charge is -2.28. The zero-order chi connectivity index (χ0) is 25.7. The molecule has 2 bridgehead atoms. The van der Waals surface area contributed by atoms with E-state index in [-0.39, 0.29) is 52.8 Å². The van der Waals surface area contributed by atoms with E-state index in [2.05, 4.69) is 12.1 Å². The van der Waals surface area contributed by atoms with Crippen LogP contribution in [0.4, 0.5) is 5.69 Å². The molecule has 1 saturated heterocycles. The number of imide groups is 1. The van der Waals surface area contributed by atoms with Gasteiger partial charge in [0.25, 0.3) is 0 Å². The van der Waals surface area contributed by atoms with Crippen molar-refractivity contribution < 1.29 is 23.9 Å². The van der Waals surface area contributed by atoms with Crippen molar-refractivity contribution in [3.8, 4) is 0 Å². The minimum absolute atomic E-state index is 0.144. The first kappa shape index (κ1) is 23.6. The Kier molecular flexibility index (Phi) is 5.92. The maximum absolute atomic E-state index is 13.6. The van der Waals surface area contributed by atoms with Crippen molar-refractivity contribution in [1.82, 2.24) is 0 Å². The van der Waals surface area contributed by atoms with Crippen LogP contribution < -0.4 is 4.90 Å². The number of fused-ring (bicyclic) bond motifs is 5. The van der Waals surface area contributed by atoms with Crippen LogP contribution in [0.1, 0.15) is 45.0 Å². The monoisotopic (exact) mass is 513 g/mol. The lowest BCUT2D eigenvalue weighted by atomic mass is 9.73. The number of anilines is 1. The molecular formula is C30H24ClNO5. The number of hydrogen-bond acceptors (Lipinski definition) is 5. The molecule has 186 valence electrons. The van der Waals surface area contributed by atoms with Crippen LogP contribution in [0.5, 0.6) is 0 Å². The third-order valence-corrected chi connectivity index (χ3v) is 8.34. The molecular weight excluding hydrogens is 490 g/mol. The van der Waals surface area contributed by atoms with E-state index in [9.17, 15) is 19.2 Å². The van der Waals surface area contributed by atoms with Crippen molar-refractivity contribution in [2.75, 3.05) is 11.5 Å². The zero-order valence-electron chi connectivity index (χ0n) is 19.9. The predicted octanol–water partition coefficient (Wildman–Crippen LogP) is 5.31. The van der Waals surface area contributed by atoms with E-state index < -0.39 is 12.6 Å². The average Bonchev–Trinajstić information content (AvgIpc) is 3.59. The molecule has 0 radical (unpaired) electrons. The number of benzene rings is 3. The van der Waals surface area contributed by atoms with Gasteiger partial charge in [-0.1, -0.05) is 48.0 Å². The third kappa shape index (κ3) is 4.05. The van der Waals surface area contributed by atoms with Crippen LogP contribution in [-0.4, -0.2) is 30.2 Å². The molecule has 2 aliphatic carbocycles. The van der Waals surface area contributed by atoms with Crippen molar-refractivity contribution in [2.24, 2.45) is 23.7 Å². The number of rotatable bonds is 6. The molecule has 1 aliphatic heterocycles. The molecule has 0 spiro atoms. The summed E-state index contributed by atoms with van der Waals surface area (Å²) in [7, 11) is 0. The number of ketones is 1. The molecule has 3 fully saturated rings. The minimum Gasteiger partial charge on any atom is -0.454 e. The fourth-order valence-electron chi connectivity index (χ4n) is 6.50. The highest BCUT2D eigenvalue weighted by Crippen LogP contribution is 2.61. The molecule has 7 heteroatoms. The van der Waals surface area contributed by atoms with Crippen LogP contribution in [0.3, 0.4) is 0 Å². The van der Waals surface area contributed by atoms with Gasteiger partial charge in [0.2, 0.25) is 11.8 Å². The largest absolute Gasteiger partial charge is 0.454 e. The Hall–Kier alpha value is -3.77. The van der Waals surface area contributed by atoms with Crippen LogP contribution >= 0.6 is 11.6 Å². The van der Waals surface area contributed by atoms with Gasteiger partial charge in [0, 0.05) is 10.6 Å². The Balaban J connectivity index is 1.18. The Labute approximate surface area is 219 Å². The van der Waals surface area contributed by atoms with Gasteiger partial charge in [-0.15, -0.1) is 0 Å². The minimum atomic E-state index is -0.701. The van der Waals surface area contributed by atoms with Gasteiger partial charge in [-0.25, -0.2) is 4.79 Å². The number of halogens is 1. The number of ether oxygens (including phenoxy) is 1. The van der Waals surface area contributed by atoms with E-state index in [1.165, 1.54) is 16.5 Å².